The lowest BCUT2D eigenvalue weighted by atomic mass is 9.94. The highest BCUT2D eigenvalue weighted by Gasteiger charge is 2.35. The van der Waals surface area contributed by atoms with Crippen LogP contribution in [0.5, 0.6) is 5.88 Å². The number of aliphatic hydroxyl groups is 1. The summed E-state index contributed by atoms with van der Waals surface area (Å²) in [6, 6.07) is 0.0534. The average Bonchev–Trinajstić information content (AvgIpc) is 2.75. The summed E-state index contributed by atoms with van der Waals surface area (Å²) in [5.74, 6) is 0.0280. The van der Waals surface area contributed by atoms with Gasteiger partial charge in [-0.1, -0.05) is 0 Å². The molecule has 8 heteroatoms. The first-order valence-corrected chi connectivity index (χ1v) is 7.47. The first-order valence-electron chi connectivity index (χ1n) is 7.47. The fourth-order valence-electron chi connectivity index (χ4n) is 2.79. The van der Waals surface area contributed by atoms with Crippen LogP contribution < -0.4 is 4.74 Å². The third kappa shape index (κ3) is 3.56. The van der Waals surface area contributed by atoms with Crippen molar-refractivity contribution < 1.29 is 19.5 Å². The summed E-state index contributed by atoms with van der Waals surface area (Å²) >= 11 is 0. The zero-order chi connectivity index (χ0) is 16.3. The molecule has 0 aromatic carbocycles. The quantitative estimate of drug-likeness (QED) is 0.490. The monoisotopic (exact) mass is 313 g/mol. The summed E-state index contributed by atoms with van der Waals surface area (Å²) in [6.07, 6.45) is 1.91. The molecule has 1 aromatic rings. The minimum atomic E-state index is -0.461. The Morgan fingerprint density at radius 1 is 1.59 bits per heavy atom. The van der Waals surface area contributed by atoms with Crippen molar-refractivity contribution in [1.82, 2.24) is 9.78 Å². The summed E-state index contributed by atoms with van der Waals surface area (Å²) in [5.41, 5.74) is 0.127. The summed E-state index contributed by atoms with van der Waals surface area (Å²) in [7, 11) is 0. The Hall–Kier alpha value is -1.67. The van der Waals surface area contributed by atoms with E-state index in [1.165, 1.54) is 0 Å². The minimum absolute atomic E-state index is 0.0261. The van der Waals surface area contributed by atoms with Gasteiger partial charge < -0.3 is 14.6 Å². The molecule has 1 atom stereocenters. The van der Waals surface area contributed by atoms with Gasteiger partial charge in [-0.3, -0.25) is 14.8 Å². The second-order valence-electron chi connectivity index (χ2n) is 6.12. The molecule has 124 valence electrons. The van der Waals surface area contributed by atoms with Crippen LogP contribution in [-0.2, 0) is 4.74 Å². The highest BCUT2D eigenvalue weighted by atomic mass is 16.6. The normalized spacial score (nSPS) is 20.8. The van der Waals surface area contributed by atoms with Crippen molar-refractivity contribution in [2.24, 2.45) is 0 Å². The van der Waals surface area contributed by atoms with Gasteiger partial charge in [0.25, 0.3) is 0 Å². The molecule has 22 heavy (non-hydrogen) atoms. The SMILES string of the molecule is Cc1c([N+](=O)[O-])c(OCCCO)nn1C1CCOC(C)(C)C1. The lowest BCUT2D eigenvalue weighted by Crippen LogP contribution is -2.35. The first-order chi connectivity index (χ1) is 10.4. The molecule has 8 nitrogen and oxygen atoms in total. The summed E-state index contributed by atoms with van der Waals surface area (Å²) in [6.45, 7) is 6.48. The largest absolute Gasteiger partial charge is 0.472 e. The Morgan fingerprint density at radius 3 is 2.91 bits per heavy atom. The topological polar surface area (TPSA) is 99.7 Å². The van der Waals surface area contributed by atoms with Crippen LogP contribution in [0.2, 0.25) is 0 Å². The molecule has 0 aliphatic carbocycles. The van der Waals surface area contributed by atoms with E-state index < -0.39 is 4.92 Å². The highest BCUT2D eigenvalue weighted by molar-refractivity contribution is 5.45. The van der Waals surface area contributed by atoms with Gasteiger partial charge in [-0.15, -0.1) is 5.10 Å². The minimum Gasteiger partial charge on any atom is -0.472 e. The summed E-state index contributed by atoms with van der Waals surface area (Å²) in [5, 5.41) is 24.4. The van der Waals surface area contributed by atoms with Crippen LogP contribution in [-0.4, -0.2) is 45.2 Å². The third-order valence-corrected chi connectivity index (χ3v) is 3.83. The molecule has 2 heterocycles. The Labute approximate surface area is 129 Å². The van der Waals surface area contributed by atoms with E-state index in [9.17, 15) is 10.1 Å². The average molecular weight is 313 g/mol. The molecule has 1 saturated heterocycles. The van der Waals surface area contributed by atoms with E-state index in [4.69, 9.17) is 14.6 Å². The molecule has 1 aliphatic rings. The van der Waals surface area contributed by atoms with Crippen molar-refractivity contribution >= 4 is 5.69 Å². The lowest BCUT2D eigenvalue weighted by molar-refractivity contribution is -0.386. The molecule has 1 N–H and O–H groups in total. The van der Waals surface area contributed by atoms with E-state index in [1.807, 2.05) is 13.8 Å². The molecule has 1 fully saturated rings. The van der Waals surface area contributed by atoms with E-state index in [1.54, 1.807) is 11.6 Å². The van der Waals surface area contributed by atoms with Crippen molar-refractivity contribution in [1.29, 1.82) is 0 Å². The van der Waals surface area contributed by atoms with Crippen LogP contribution in [0.4, 0.5) is 5.69 Å². The van der Waals surface area contributed by atoms with Gasteiger partial charge in [0.2, 0.25) is 0 Å². The zero-order valence-corrected chi connectivity index (χ0v) is 13.2. The molecule has 1 unspecified atom stereocenters. The number of nitrogens with zero attached hydrogens (tertiary/aromatic N) is 3. The summed E-state index contributed by atoms with van der Waals surface area (Å²) < 4.78 is 12.8. The highest BCUT2D eigenvalue weighted by Crippen LogP contribution is 2.37. The maximum absolute atomic E-state index is 11.3. The predicted molar refractivity (Wildman–Crippen MR) is 79.1 cm³/mol. The number of ether oxygens (including phenoxy) is 2. The molecule has 1 aliphatic heterocycles. The van der Waals surface area contributed by atoms with Crippen LogP contribution >= 0.6 is 0 Å². The molecular formula is C14H23N3O5. The Morgan fingerprint density at radius 2 is 2.32 bits per heavy atom. The van der Waals surface area contributed by atoms with Gasteiger partial charge in [-0.2, -0.15) is 0 Å². The standard InChI is InChI=1S/C14H23N3O5/c1-10-12(17(19)20)13(21-7-4-6-18)15-16(10)11-5-8-22-14(2,3)9-11/h11,18H,4-9H2,1-3H3. The molecular weight excluding hydrogens is 290 g/mol. The zero-order valence-electron chi connectivity index (χ0n) is 13.2. The Balaban J connectivity index is 2.28. The van der Waals surface area contributed by atoms with Gasteiger partial charge >= 0.3 is 11.6 Å². The fourth-order valence-corrected chi connectivity index (χ4v) is 2.79. The van der Waals surface area contributed by atoms with Crippen LogP contribution in [0.15, 0.2) is 0 Å². The van der Waals surface area contributed by atoms with Crippen molar-refractivity contribution in [3.8, 4) is 5.88 Å². The van der Waals surface area contributed by atoms with Gasteiger partial charge in [0.1, 0.15) is 5.69 Å². The van der Waals surface area contributed by atoms with Gasteiger partial charge in [0.05, 0.1) is 23.2 Å². The maximum Gasteiger partial charge on any atom is 0.352 e. The molecule has 0 amide bonds. The number of hydrogen-bond acceptors (Lipinski definition) is 6. The lowest BCUT2D eigenvalue weighted by Gasteiger charge is -2.35. The second kappa shape index (κ2) is 6.62. The maximum atomic E-state index is 11.3. The van der Waals surface area contributed by atoms with Crippen LogP contribution in [0.3, 0.4) is 0 Å². The number of aromatic nitrogens is 2. The predicted octanol–water partition coefficient (Wildman–Crippen LogP) is 1.99. The van der Waals surface area contributed by atoms with E-state index in [2.05, 4.69) is 5.10 Å². The van der Waals surface area contributed by atoms with Crippen molar-refractivity contribution in [3.63, 3.8) is 0 Å². The van der Waals surface area contributed by atoms with Gasteiger partial charge in [0.15, 0.2) is 0 Å². The van der Waals surface area contributed by atoms with Crippen molar-refractivity contribution in [3.05, 3.63) is 15.8 Å². The number of rotatable bonds is 6. The van der Waals surface area contributed by atoms with Crippen molar-refractivity contribution in [2.75, 3.05) is 19.8 Å². The fraction of sp³-hybridized carbons (Fsp3) is 0.786. The first kappa shape index (κ1) is 16.7. The van der Waals surface area contributed by atoms with Crippen LogP contribution in [0.25, 0.3) is 0 Å². The van der Waals surface area contributed by atoms with Crippen LogP contribution in [0, 0.1) is 17.0 Å². The van der Waals surface area contributed by atoms with E-state index in [0.29, 0.717) is 18.7 Å². The molecule has 0 bridgehead atoms. The summed E-state index contributed by atoms with van der Waals surface area (Å²) in [4.78, 5) is 10.8. The number of aliphatic hydroxyl groups excluding tert-OH is 1. The third-order valence-electron chi connectivity index (χ3n) is 3.83. The van der Waals surface area contributed by atoms with E-state index >= 15 is 0 Å². The molecule has 2 rings (SSSR count). The van der Waals surface area contributed by atoms with E-state index in [0.717, 1.165) is 12.8 Å². The number of nitro groups is 1. The van der Waals surface area contributed by atoms with Gasteiger partial charge in [-0.25, -0.2) is 0 Å². The van der Waals surface area contributed by atoms with Gasteiger partial charge in [-0.05, 0) is 33.6 Å². The molecule has 0 spiro atoms. The molecule has 0 saturated carbocycles. The van der Waals surface area contributed by atoms with Crippen molar-refractivity contribution in [2.45, 2.75) is 51.7 Å². The van der Waals surface area contributed by atoms with E-state index in [-0.39, 0.29) is 36.4 Å². The molecule has 0 radical (unpaired) electrons. The number of hydrogen-bond donors (Lipinski definition) is 1. The second-order valence-corrected chi connectivity index (χ2v) is 6.12. The Bertz CT molecular complexity index is 541. The Kier molecular flexibility index (Phi) is 5.02. The van der Waals surface area contributed by atoms with Crippen LogP contribution in [0.1, 0.15) is 44.8 Å². The molecule has 1 aromatic heterocycles. The van der Waals surface area contributed by atoms with Gasteiger partial charge in [0, 0.05) is 19.6 Å². The smallest absolute Gasteiger partial charge is 0.352 e.